The maximum atomic E-state index is 13.9. The Morgan fingerprint density at radius 2 is 1.86 bits per heavy atom. The number of carbonyl (C=O) groups is 1. The van der Waals surface area contributed by atoms with Gasteiger partial charge in [-0.2, -0.15) is 0 Å². The van der Waals surface area contributed by atoms with Crippen molar-refractivity contribution < 1.29 is 26.7 Å². The van der Waals surface area contributed by atoms with Crippen molar-refractivity contribution in [2.24, 2.45) is 5.41 Å². The van der Waals surface area contributed by atoms with Crippen LogP contribution in [0.4, 0.5) is 8.78 Å². The highest BCUT2D eigenvalue weighted by Gasteiger charge is 2.27. The Bertz CT molecular complexity index is 651. The minimum absolute atomic E-state index is 0.0426. The van der Waals surface area contributed by atoms with Crippen LogP contribution in [-0.4, -0.2) is 21.0 Å². The van der Waals surface area contributed by atoms with Crippen LogP contribution in [0.3, 0.4) is 0 Å². The molecule has 0 aromatic heterocycles. The van der Waals surface area contributed by atoms with Crippen LogP contribution in [0.1, 0.15) is 37.6 Å². The van der Waals surface area contributed by atoms with Gasteiger partial charge in [-0.1, -0.05) is 20.8 Å². The summed E-state index contributed by atoms with van der Waals surface area (Å²) in [4.78, 5) is 10.7. The van der Waals surface area contributed by atoms with Crippen LogP contribution in [0.2, 0.25) is 0 Å². The molecule has 0 saturated carbocycles. The number of halogens is 3. The van der Waals surface area contributed by atoms with E-state index in [1.165, 1.54) is 0 Å². The van der Waals surface area contributed by atoms with Crippen LogP contribution >= 0.6 is 10.7 Å². The van der Waals surface area contributed by atoms with Crippen molar-refractivity contribution in [3.05, 3.63) is 29.3 Å². The largest absolute Gasteiger partial charge is 0.462 e. The van der Waals surface area contributed by atoms with Crippen LogP contribution in [0.5, 0.6) is 0 Å². The van der Waals surface area contributed by atoms with E-state index < -0.39 is 37.1 Å². The fourth-order valence-electron chi connectivity index (χ4n) is 1.43. The Hall–Kier alpha value is -1.21. The number of benzene rings is 1. The van der Waals surface area contributed by atoms with Crippen LogP contribution in [0.15, 0.2) is 17.0 Å². The molecular weight excluding hydrogens is 326 g/mol. The summed E-state index contributed by atoms with van der Waals surface area (Å²) in [5, 5.41) is 0. The van der Waals surface area contributed by atoms with E-state index in [-0.39, 0.29) is 12.0 Å². The first-order valence-electron chi connectivity index (χ1n) is 6.03. The maximum Gasteiger partial charge on any atom is 0.344 e. The summed E-state index contributed by atoms with van der Waals surface area (Å²) in [7, 11) is 0.587. The van der Waals surface area contributed by atoms with Crippen molar-refractivity contribution in [1.29, 1.82) is 0 Å². The molecule has 0 spiro atoms. The molecule has 0 N–H and O–H groups in total. The predicted molar refractivity (Wildman–Crippen MR) is 73.8 cm³/mol. The van der Waals surface area contributed by atoms with Crippen molar-refractivity contribution in [3.8, 4) is 0 Å². The van der Waals surface area contributed by atoms with Crippen molar-refractivity contribution in [3.63, 3.8) is 0 Å². The minimum Gasteiger partial charge on any atom is -0.462 e. The number of hydrogen-bond acceptors (Lipinski definition) is 4. The lowest BCUT2D eigenvalue weighted by molar-refractivity contribution is 0.0453. The molecule has 0 saturated heterocycles. The smallest absolute Gasteiger partial charge is 0.344 e. The third-order valence-corrected chi connectivity index (χ3v) is 3.95. The normalized spacial score (nSPS) is 12.3. The summed E-state index contributed by atoms with van der Waals surface area (Å²) in [6.07, 6.45) is 0.482. The van der Waals surface area contributed by atoms with Crippen molar-refractivity contribution >= 4 is 25.7 Å². The molecule has 1 aromatic carbocycles. The van der Waals surface area contributed by atoms with E-state index in [1.54, 1.807) is 0 Å². The summed E-state index contributed by atoms with van der Waals surface area (Å²) in [5.74, 6) is -4.03. The van der Waals surface area contributed by atoms with Gasteiger partial charge in [0, 0.05) is 10.7 Å². The lowest BCUT2D eigenvalue weighted by atomic mass is 9.93. The van der Waals surface area contributed by atoms with Crippen molar-refractivity contribution in [2.45, 2.75) is 32.1 Å². The monoisotopic (exact) mass is 340 g/mol. The molecule has 0 aliphatic carbocycles. The topological polar surface area (TPSA) is 60.4 Å². The zero-order valence-electron chi connectivity index (χ0n) is 11.7. The summed E-state index contributed by atoms with van der Waals surface area (Å²) in [6, 6.07) is 1.30. The van der Waals surface area contributed by atoms with Crippen molar-refractivity contribution in [2.75, 3.05) is 6.61 Å². The van der Waals surface area contributed by atoms with E-state index >= 15 is 0 Å². The molecule has 0 amide bonds. The average Bonchev–Trinajstić information content (AvgIpc) is 2.25. The first-order chi connectivity index (χ1) is 9.43. The molecule has 1 aromatic rings. The molecule has 0 bridgehead atoms. The van der Waals surface area contributed by atoms with E-state index in [4.69, 9.17) is 15.4 Å². The third-order valence-electron chi connectivity index (χ3n) is 2.61. The highest BCUT2D eigenvalue weighted by Crippen LogP contribution is 2.25. The lowest BCUT2D eigenvalue weighted by Gasteiger charge is -2.17. The Morgan fingerprint density at radius 3 is 2.33 bits per heavy atom. The number of hydrogen-bond donors (Lipinski definition) is 0. The van der Waals surface area contributed by atoms with E-state index in [0.29, 0.717) is 18.6 Å². The second-order valence-electron chi connectivity index (χ2n) is 5.62. The predicted octanol–water partition coefficient (Wildman–Crippen LogP) is 3.49. The fourth-order valence-corrected chi connectivity index (χ4v) is 2.34. The molecule has 0 aliphatic rings. The molecule has 4 nitrogen and oxygen atoms in total. The van der Waals surface area contributed by atoms with Gasteiger partial charge in [-0.25, -0.2) is 22.0 Å². The fraction of sp³-hybridized carbons (Fsp3) is 0.462. The van der Waals surface area contributed by atoms with E-state index in [0.717, 1.165) is 0 Å². The van der Waals surface area contributed by atoms with Crippen LogP contribution in [0, 0.1) is 17.0 Å². The minimum atomic E-state index is -4.43. The quantitative estimate of drug-likeness (QED) is 0.622. The van der Waals surface area contributed by atoms with Gasteiger partial charge in [0.15, 0.2) is 5.82 Å². The Balaban J connectivity index is 3.05. The molecule has 8 heteroatoms. The molecule has 0 heterocycles. The summed E-state index contributed by atoms with van der Waals surface area (Å²) in [6.45, 7) is 5.67. The average molecular weight is 341 g/mol. The van der Waals surface area contributed by atoms with Gasteiger partial charge in [0.2, 0.25) is 0 Å². The van der Waals surface area contributed by atoms with Crippen LogP contribution in [0.25, 0.3) is 0 Å². The van der Waals surface area contributed by atoms with Gasteiger partial charge < -0.3 is 4.74 Å². The Kier molecular flexibility index (Phi) is 5.33. The number of carbonyl (C=O) groups excluding carboxylic acids is 1. The second kappa shape index (κ2) is 6.27. The molecule has 0 radical (unpaired) electrons. The highest BCUT2D eigenvalue weighted by molar-refractivity contribution is 8.13. The summed E-state index contributed by atoms with van der Waals surface area (Å²) in [5.41, 5.74) is -1.19. The Morgan fingerprint density at radius 1 is 1.29 bits per heavy atom. The van der Waals surface area contributed by atoms with E-state index in [1.807, 2.05) is 20.8 Å². The SMILES string of the molecule is CC(C)(C)CCOC(=O)c1c(F)ccc(S(=O)(=O)Cl)c1F. The zero-order valence-corrected chi connectivity index (χ0v) is 13.3. The Labute approximate surface area is 126 Å². The zero-order chi connectivity index (χ0) is 16.4. The van der Waals surface area contributed by atoms with Gasteiger partial charge in [0.25, 0.3) is 9.05 Å². The van der Waals surface area contributed by atoms with Crippen LogP contribution in [-0.2, 0) is 13.8 Å². The standard InChI is InChI=1S/C13H15ClF2O4S/c1-13(2,3)6-7-20-12(17)10-8(15)4-5-9(11(10)16)21(14,18)19/h4-5H,6-7H2,1-3H3. The lowest BCUT2D eigenvalue weighted by Crippen LogP contribution is -2.16. The van der Waals surface area contributed by atoms with Gasteiger partial charge in [-0.15, -0.1) is 0 Å². The number of esters is 1. The molecule has 0 fully saturated rings. The number of ether oxygens (including phenoxy) is 1. The van der Waals surface area contributed by atoms with Gasteiger partial charge in [-0.3, -0.25) is 0 Å². The van der Waals surface area contributed by atoms with Gasteiger partial charge in [-0.05, 0) is 24.0 Å². The molecule has 1 rings (SSSR count). The molecule has 118 valence electrons. The van der Waals surface area contributed by atoms with Gasteiger partial charge in [0.1, 0.15) is 16.3 Å². The van der Waals surface area contributed by atoms with E-state index in [9.17, 15) is 22.0 Å². The van der Waals surface area contributed by atoms with E-state index in [2.05, 4.69) is 0 Å². The third kappa shape index (κ3) is 4.93. The highest BCUT2D eigenvalue weighted by atomic mass is 35.7. The molecule has 21 heavy (non-hydrogen) atoms. The summed E-state index contributed by atoms with van der Waals surface area (Å²) >= 11 is 0. The maximum absolute atomic E-state index is 13.9. The van der Waals surface area contributed by atoms with Crippen LogP contribution < -0.4 is 0 Å². The first kappa shape index (κ1) is 17.8. The first-order valence-corrected chi connectivity index (χ1v) is 8.34. The molecule has 0 unspecified atom stereocenters. The summed E-state index contributed by atoms with van der Waals surface area (Å²) < 4.78 is 54.5. The van der Waals surface area contributed by atoms with Gasteiger partial charge in [0.05, 0.1) is 6.61 Å². The molecular formula is C13H15ClF2O4S. The van der Waals surface area contributed by atoms with Crippen molar-refractivity contribution in [1.82, 2.24) is 0 Å². The second-order valence-corrected chi connectivity index (χ2v) is 8.15. The molecule has 0 atom stereocenters. The number of rotatable bonds is 4. The molecule has 0 aliphatic heterocycles. The van der Waals surface area contributed by atoms with Gasteiger partial charge >= 0.3 is 5.97 Å².